The van der Waals surface area contributed by atoms with Crippen molar-refractivity contribution >= 4 is 11.7 Å². The molecule has 0 bridgehead atoms. The van der Waals surface area contributed by atoms with E-state index < -0.39 is 0 Å². The Hall–Kier alpha value is -1.62. The zero-order valence-electron chi connectivity index (χ0n) is 9.80. The van der Waals surface area contributed by atoms with Crippen molar-refractivity contribution < 1.29 is 4.79 Å². The van der Waals surface area contributed by atoms with Crippen molar-refractivity contribution in [2.45, 2.75) is 31.8 Å². The normalized spacial score (nSPS) is 20.3. The molecule has 4 N–H and O–H groups in total. The van der Waals surface area contributed by atoms with Gasteiger partial charge in [0.15, 0.2) is 0 Å². The Kier molecular flexibility index (Phi) is 3.58. The molecule has 1 aromatic rings. The van der Waals surface area contributed by atoms with Crippen LogP contribution in [0.2, 0.25) is 0 Å². The molecule has 1 aromatic heterocycles. The second-order valence-corrected chi connectivity index (χ2v) is 4.34. The Morgan fingerprint density at radius 2 is 2.29 bits per heavy atom. The molecule has 1 aliphatic rings. The summed E-state index contributed by atoms with van der Waals surface area (Å²) in [6.07, 6.45) is 4.69. The first-order valence-electron chi connectivity index (χ1n) is 5.93. The largest absolute Gasteiger partial charge is 0.368 e. The maximum absolute atomic E-state index is 11.4. The average molecular weight is 234 g/mol. The lowest BCUT2D eigenvalue weighted by Crippen LogP contribution is -2.48. The average Bonchev–Trinajstić information content (AvgIpc) is 2.39. The minimum Gasteiger partial charge on any atom is -0.368 e. The molecule has 2 heterocycles. The minimum atomic E-state index is -0.269. The van der Waals surface area contributed by atoms with Crippen LogP contribution in [0.4, 0.5) is 5.82 Å². The monoisotopic (exact) mass is 234 g/mol. The molecular formula is C12H18N4O. The number of hydrogen-bond donors (Lipinski definition) is 2. The van der Waals surface area contributed by atoms with Gasteiger partial charge >= 0.3 is 0 Å². The predicted octanol–water partition coefficient (Wildman–Crippen LogP) is 0.385. The van der Waals surface area contributed by atoms with Crippen LogP contribution in [-0.2, 0) is 11.3 Å². The van der Waals surface area contributed by atoms with E-state index in [0.29, 0.717) is 6.54 Å². The van der Waals surface area contributed by atoms with E-state index in [1.165, 1.54) is 0 Å². The summed E-state index contributed by atoms with van der Waals surface area (Å²) in [5, 5.41) is 0. The molecule has 1 amide bonds. The zero-order valence-corrected chi connectivity index (χ0v) is 9.80. The third kappa shape index (κ3) is 2.55. The Bertz CT molecular complexity index is 390. The molecule has 0 aromatic carbocycles. The summed E-state index contributed by atoms with van der Waals surface area (Å²) < 4.78 is 0. The van der Waals surface area contributed by atoms with Crippen molar-refractivity contribution in [1.82, 2.24) is 4.98 Å². The topological polar surface area (TPSA) is 85.2 Å². The molecule has 2 rings (SSSR count). The standard InChI is InChI=1S/C12H18N4O/c13-7-9-4-5-11(15-8-9)16-6-2-1-3-10(16)12(14)17/h4-5,8,10H,1-3,6-7,13H2,(H2,14,17). The summed E-state index contributed by atoms with van der Waals surface area (Å²) in [6.45, 7) is 1.31. The maximum Gasteiger partial charge on any atom is 0.240 e. The molecule has 5 nitrogen and oxygen atoms in total. The van der Waals surface area contributed by atoms with Crippen molar-refractivity contribution in [1.29, 1.82) is 0 Å². The van der Waals surface area contributed by atoms with Gasteiger partial charge in [0.1, 0.15) is 11.9 Å². The first-order valence-corrected chi connectivity index (χ1v) is 5.93. The molecule has 92 valence electrons. The number of amides is 1. The van der Waals surface area contributed by atoms with Crippen molar-refractivity contribution in [3.63, 3.8) is 0 Å². The van der Waals surface area contributed by atoms with Crippen LogP contribution >= 0.6 is 0 Å². The second kappa shape index (κ2) is 5.14. The molecule has 1 atom stereocenters. The van der Waals surface area contributed by atoms with Gasteiger partial charge < -0.3 is 16.4 Å². The quantitative estimate of drug-likeness (QED) is 0.792. The van der Waals surface area contributed by atoms with Gasteiger partial charge in [-0.1, -0.05) is 6.07 Å². The maximum atomic E-state index is 11.4. The Morgan fingerprint density at radius 3 is 2.88 bits per heavy atom. The van der Waals surface area contributed by atoms with Gasteiger partial charge in [-0.05, 0) is 30.9 Å². The molecule has 1 aliphatic heterocycles. The highest BCUT2D eigenvalue weighted by Gasteiger charge is 2.27. The van der Waals surface area contributed by atoms with Gasteiger partial charge in [0.2, 0.25) is 5.91 Å². The van der Waals surface area contributed by atoms with Crippen LogP contribution in [0, 0.1) is 0 Å². The number of nitrogens with two attached hydrogens (primary N) is 2. The highest BCUT2D eigenvalue weighted by molar-refractivity contribution is 5.83. The van der Waals surface area contributed by atoms with Crippen LogP contribution in [0.25, 0.3) is 0 Å². The first-order chi connectivity index (χ1) is 8.22. The molecule has 5 heteroatoms. The van der Waals surface area contributed by atoms with E-state index in [1.807, 2.05) is 17.0 Å². The summed E-state index contributed by atoms with van der Waals surface area (Å²) in [5.74, 6) is 0.542. The first kappa shape index (κ1) is 11.9. The highest BCUT2D eigenvalue weighted by atomic mass is 16.1. The van der Waals surface area contributed by atoms with Crippen LogP contribution < -0.4 is 16.4 Å². The van der Waals surface area contributed by atoms with E-state index in [-0.39, 0.29) is 11.9 Å². The second-order valence-electron chi connectivity index (χ2n) is 4.34. The third-order valence-corrected chi connectivity index (χ3v) is 3.17. The summed E-state index contributed by atoms with van der Waals surface area (Å²) in [4.78, 5) is 17.7. The van der Waals surface area contributed by atoms with Gasteiger partial charge in [-0.15, -0.1) is 0 Å². The number of rotatable bonds is 3. The van der Waals surface area contributed by atoms with Crippen molar-refractivity contribution in [2.75, 3.05) is 11.4 Å². The third-order valence-electron chi connectivity index (χ3n) is 3.17. The van der Waals surface area contributed by atoms with Gasteiger partial charge in [0, 0.05) is 19.3 Å². The predicted molar refractivity (Wildman–Crippen MR) is 66.3 cm³/mol. The number of nitrogens with zero attached hydrogens (tertiary/aromatic N) is 2. The lowest BCUT2D eigenvalue weighted by Gasteiger charge is -2.34. The fourth-order valence-electron chi connectivity index (χ4n) is 2.21. The molecular weight excluding hydrogens is 216 g/mol. The summed E-state index contributed by atoms with van der Waals surface area (Å²) in [6, 6.07) is 3.62. The van der Waals surface area contributed by atoms with E-state index in [2.05, 4.69) is 4.98 Å². The molecule has 17 heavy (non-hydrogen) atoms. The smallest absolute Gasteiger partial charge is 0.240 e. The number of carbonyl (C=O) groups is 1. The zero-order chi connectivity index (χ0) is 12.3. The fourth-order valence-corrected chi connectivity index (χ4v) is 2.21. The lowest BCUT2D eigenvalue weighted by atomic mass is 10.0. The minimum absolute atomic E-state index is 0.222. The van der Waals surface area contributed by atoms with Crippen LogP contribution in [0.3, 0.4) is 0 Å². The van der Waals surface area contributed by atoms with Gasteiger partial charge in [-0.3, -0.25) is 4.79 Å². The molecule has 0 aliphatic carbocycles. The van der Waals surface area contributed by atoms with Crippen molar-refractivity contribution in [3.8, 4) is 0 Å². The number of primary amides is 1. The van der Waals surface area contributed by atoms with E-state index in [1.54, 1.807) is 6.20 Å². The highest BCUT2D eigenvalue weighted by Crippen LogP contribution is 2.22. The Labute approximate surface area is 101 Å². The summed E-state index contributed by atoms with van der Waals surface area (Å²) >= 11 is 0. The van der Waals surface area contributed by atoms with Gasteiger partial charge in [0.25, 0.3) is 0 Å². The number of anilines is 1. The van der Waals surface area contributed by atoms with Crippen LogP contribution in [0.15, 0.2) is 18.3 Å². The Balaban J connectivity index is 2.20. The molecule has 1 unspecified atom stereocenters. The van der Waals surface area contributed by atoms with Gasteiger partial charge in [-0.2, -0.15) is 0 Å². The van der Waals surface area contributed by atoms with Gasteiger partial charge in [-0.25, -0.2) is 4.98 Å². The van der Waals surface area contributed by atoms with Crippen LogP contribution in [-0.4, -0.2) is 23.5 Å². The fraction of sp³-hybridized carbons (Fsp3) is 0.500. The molecule has 0 saturated carbocycles. The summed E-state index contributed by atoms with van der Waals surface area (Å²) in [5.41, 5.74) is 11.9. The van der Waals surface area contributed by atoms with Crippen molar-refractivity contribution in [3.05, 3.63) is 23.9 Å². The SMILES string of the molecule is NCc1ccc(N2CCCCC2C(N)=O)nc1. The van der Waals surface area contributed by atoms with E-state index in [4.69, 9.17) is 11.5 Å². The Morgan fingerprint density at radius 1 is 1.47 bits per heavy atom. The number of pyridine rings is 1. The molecule has 1 saturated heterocycles. The molecule has 0 radical (unpaired) electrons. The van der Waals surface area contributed by atoms with Gasteiger partial charge in [0.05, 0.1) is 0 Å². The van der Waals surface area contributed by atoms with E-state index in [9.17, 15) is 4.79 Å². The van der Waals surface area contributed by atoms with Crippen LogP contribution in [0.5, 0.6) is 0 Å². The lowest BCUT2D eigenvalue weighted by molar-refractivity contribution is -0.119. The number of aromatic nitrogens is 1. The summed E-state index contributed by atoms with van der Waals surface area (Å²) in [7, 11) is 0. The van der Waals surface area contributed by atoms with Crippen molar-refractivity contribution in [2.24, 2.45) is 11.5 Å². The number of carbonyl (C=O) groups excluding carboxylic acids is 1. The van der Waals surface area contributed by atoms with E-state index in [0.717, 1.165) is 37.2 Å². The van der Waals surface area contributed by atoms with Crippen LogP contribution in [0.1, 0.15) is 24.8 Å². The molecule has 0 spiro atoms. The number of hydrogen-bond acceptors (Lipinski definition) is 4. The molecule has 1 fully saturated rings. The number of piperidine rings is 1. The van der Waals surface area contributed by atoms with E-state index >= 15 is 0 Å².